The maximum Gasteiger partial charge on any atom is 2.00 e. The van der Waals surface area contributed by atoms with Crippen LogP contribution < -0.4 is 11.8 Å². The van der Waals surface area contributed by atoms with E-state index in [2.05, 4.69) is 37.1 Å². The van der Waals surface area contributed by atoms with Crippen molar-refractivity contribution >= 4 is 25.3 Å². The number of nitrogens with two attached hydrogens (primary N) is 2. The maximum absolute atomic E-state index is 7.77. The molecule has 0 heterocycles. The number of rotatable bonds is 2. The second-order valence-electron chi connectivity index (χ2n) is 0.855. The molecule has 0 atom stereocenters. The van der Waals surface area contributed by atoms with Gasteiger partial charge in [-0.3, -0.25) is 0 Å². The summed E-state index contributed by atoms with van der Waals surface area (Å²) in [5.41, 5.74) is 11.5. The Labute approximate surface area is 137 Å². The molecule has 0 unspecified atom stereocenters. The Bertz CT molecular complexity index is 60.6. The van der Waals surface area contributed by atoms with Crippen LogP contribution in [0.4, 0.5) is 0 Å². The van der Waals surface area contributed by atoms with Crippen molar-refractivity contribution in [3.63, 3.8) is 0 Å². The molecule has 0 fully saturated rings. The molecule has 118 valence electrons. The largest absolute Gasteiger partial charge is 2.00 e. The van der Waals surface area contributed by atoms with E-state index < -0.39 is 0 Å². The predicted octanol–water partition coefficient (Wildman–Crippen LogP) is -1.64. The molecule has 14 heteroatoms. The number of nitroso groups, excluding NO2 is 2. The van der Waals surface area contributed by atoms with Gasteiger partial charge >= 0.3 is 17.1 Å². The predicted molar refractivity (Wildman–Crippen MR) is 64.0 cm³/mol. The molecule has 0 spiro atoms. The van der Waals surface area contributed by atoms with Gasteiger partial charge in [0.15, 0.2) is 0 Å². The van der Waals surface area contributed by atoms with E-state index in [9.17, 15) is 0 Å². The third kappa shape index (κ3) is 565. The Morgan fingerprint density at radius 3 is 0.833 bits per heavy atom. The quantitative estimate of drug-likeness (QED) is 0.179. The molecule has 0 amide bonds. The minimum absolute atomic E-state index is 0. The molecule has 0 aliphatic heterocycles. The fourth-order valence-corrected chi connectivity index (χ4v) is 0. The minimum atomic E-state index is 0. The second kappa shape index (κ2) is 224. The van der Waals surface area contributed by atoms with Crippen molar-refractivity contribution in [3.8, 4) is 0 Å². The molecule has 10 nitrogen and oxygen atoms in total. The zero-order chi connectivity index (χ0) is 14.8. The van der Waals surface area contributed by atoms with Crippen molar-refractivity contribution in [2.75, 3.05) is 24.7 Å². The first kappa shape index (κ1) is 51.2. The molecular formula is C4H16Fe2N4O6S2-2. The smallest absolute Gasteiger partial charge is 0.790 e. The first-order valence-corrected chi connectivity index (χ1v) is 4.25. The Kier molecular flexibility index (Phi) is 635. The first-order chi connectivity index (χ1) is 7.83. The SMILES string of the molecule is NO.NO.OCC[S-].OCC[S-].[Fe+2].[Fe].[N-]=O.[N-]=O. The second-order valence-corrected chi connectivity index (χ2v) is 1.67. The van der Waals surface area contributed by atoms with E-state index in [1.807, 2.05) is 0 Å². The van der Waals surface area contributed by atoms with E-state index in [0.717, 1.165) is 0 Å². The molecule has 0 radical (unpaired) electrons. The average molecular weight is 392 g/mol. The van der Waals surface area contributed by atoms with E-state index in [0.29, 0.717) is 11.5 Å². The molecule has 0 aromatic rings. The molecule has 18 heavy (non-hydrogen) atoms. The van der Waals surface area contributed by atoms with Gasteiger partial charge in [0.25, 0.3) is 0 Å². The van der Waals surface area contributed by atoms with Crippen LogP contribution in [0, 0.1) is 9.81 Å². The molecule has 0 saturated carbocycles. The van der Waals surface area contributed by atoms with Gasteiger partial charge in [-0.05, 0) is 0 Å². The maximum atomic E-state index is 7.77. The molecule has 0 bridgehead atoms. The molecule has 8 N–H and O–H groups in total. The van der Waals surface area contributed by atoms with Crippen LogP contribution >= 0.6 is 0 Å². The molecule has 0 aromatic heterocycles. The number of aliphatic hydroxyl groups is 2. The molecule has 0 aliphatic rings. The Hall–Kier alpha value is 0.699. The van der Waals surface area contributed by atoms with Gasteiger partial charge in [-0.15, -0.1) is 0 Å². The van der Waals surface area contributed by atoms with Crippen LogP contribution in [0.15, 0.2) is 0 Å². The van der Waals surface area contributed by atoms with E-state index in [1.165, 1.54) is 0 Å². The molecular weight excluding hydrogens is 376 g/mol. The molecule has 0 saturated heterocycles. The van der Waals surface area contributed by atoms with E-state index in [4.69, 9.17) is 41.6 Å². The summed E-state index contributed by atoms with van der Waals surface area (Å²) >= 11 is 8.61. The van der Waals surface area contributed by atoms with Crippen molar-refractivity contribution < 1.29 is 54.8 Å². The van der Waals surface area contributed by atoms with E-state index in [1.54, 1.807) is 0 Å². The van der Waals surface area contributed by atoms with E-state index >= 15 is 0 Å². The average Bonchev–Trinajstić information content (AvgIpc) is 2.47. The summed E-state index contributed by atoms with van der Waals surface area (Å²) < 4.78 is 0. The molecule has 0 rings (SSSR count). The minimum Gasteiger partial charge on any atom is -0.790 e. The van der Waals surface area contributed by atoms with Gasteiger partial charge in [0.2, 0.25) is 0 Å². The Morgan fingerprint density at radius 2 is 0.833 bits per heavy atom. The van der Waals surface area contributed by atoms with E-state index in [-0.39, 0.29) is 47.4 Å². The van der Waals surface area contributed by atoms with Crippen LogP contribution in [0.3, 0.4) is 0 Å². The van der Waals surface area contributed by atoms with Crippen LogP contribution in [-0.4, -0.2) is 45.3 Å². The summed E-state index contributed by atoms with van der Waals surface area (Å²) in [6.45, 7) is 0.269. The third-order valence-electron chi connectivity index (χ3n) is 0.183. The van der Waals surface area contributed by atoms with Crippen molar-refractivity contribution in [2.24, 2.45) is 11.8 Å². The third-order valence-corrected chi connectivity index (χ3v) is 0.548. The van der Waals surface area contributed by atoms with Crippen LogP contribution in [0.25, 0.3) is 11.2 Å². The number of nitrogens with zero attached hydrogens (tertiary/aromatic N) is 2. The zero-order valence-corrected chi connectivity index (χ0v) is 12.8. The van der Waals surface area contributed by atoms with Crippen LogP contribution in [-0.2, 0) is 59.4 Å². The number of hydrogen-bond acceptors (Lipinski definition) is 10. The normalized spacial score (nSPS) is 4.44. The monoisotopic (exact) mass is 392 g/mol. The van der Waals surface area contributed by atoms with Gasteiger partial charge in [0, 0.05) is 30.3 Å². The van der Waals surface area contributed by atoms with Gasteiger partial charge in [0.05, 0.1) is 0 Å². The fourth-order valence-electron chi connectivity index (χ4n) is 0. The Morgan fingerprint density at radius 1 is 0.778 bits per heavy atom. The Balaban J connectivity index is -0.0000000113. The zero-order valence-electron chi connectivity index (χ0n) is 9.01. The number of aliphatic hydroxyl groups excluding tert-OH is 2. The van der Waals surface area contributed by atoms with Gasteiger partial charge < -0.3 is 66.9 Å². The van der Waals surface area contributed by atoms with Gasteiger partial charge in [-0.1, -0.05) is 0 Å². The first-order valence-electron chi connectivity index (χ1n) is 3.09. The van der Waals surface area contributed by atoms with Gasteiger partial charge in [-0.2, -0.15) is 11.5 Å². The fraction of sp³-hybridized carbons (Fsp3) is 1.00. The summed E-state index contributed by atoms with van der Waals surface area (Å²) in [6.07, 6.45) is 0. The summed E-state index contributed by atoms with van der Waals surface area (Å²) in [4.78, 5) is 14.5. The summed E-state index contributed by atoms with van der Waals surface area (Å²) in [7, 11) is 0. The topological polar surface area (TPSA) is 212 Å². The molecule has 0 aromatic carbocycles. The van der Waals surface area contributed by atoms with Gasteiger partial charge in [0.1, 0.15) is 0 Å². The summed E-state index contributed by atoms with van der Waals surface area (Å²) in [5, 5.41) is 28.5. The van der Waals surface area contributed by atoms with Crippen LogP contribution in [0.1, 0.15) is 0 Å². The molecule has 0 aliphatic carbocycles. The van der Waals surface area contributed by atoms with Crippen molar-refractivity contribution in [3.05, 3.63) is 21.0 Å². The van der Waals surface area contributed by atoms with Crippen LogP contribution in [0.2, 0.25) is 0 Å². The summed E-state index contributed by atoms with van der Waals surface area (Å²) in [6, 6.07) is 0. The standard InChI is InChI=1S/2C2H6OS.2Fe.2H3NO.2NO/c2*3-1-2-4;;;4*1-2/h2*3-4H,1-2H2;;;2*2H,1H2;;/q;;;+2;;;2*-1/p-2. The van der Waals surface area contributed by atoms with Crippen molar-refractivity contribution in [1.82, 2.24) is 0 Å². The van der Waals surface area contributed by atoms with Crippen molar-refractivity contribution in [2.45, 2.75) is 0 Å². The number of hydrogen-bond donors (Lipinski definition) is 6. The summed E-state index contributed by atoms with van der Waals surface area (Å²) in [5.74, 6) is 7.92. The van der Waals surface area contributed by atoms with Crippen LogP contribution in [0.5, 0.6) is 0 Å². The van der Waals surface area contributed by atoms with Gasteiger partial charge in [-0.25, -0.2) is 11.8 Å². The van der Waals surface area contributed by atoms with Crippen molar-refractivity contribution in [1.29, 1.82) is 0 Å².